The minimum Gasteiger partial charge on any atom is -1.00 e. The predicted molar refractivity (Wildman–Crippen MR) is 115 cm³/mol. The van der Waals surface area contributed by atoms with Crippen LogP contribution in [0.3, 0.4) is 0 Å². The fraction of sp³-hybridized carbons (Fsp3) is 0.913. The average Bonchev–Trinajstić information content (AvgIpc) is 2.64. The molecule has 162 valence electrons. The Labute approximate surface area is 197 Å². The van der Waals surface area contributed by atoms with Crippen LogP contribution < -0.4 is 35.3 Å². The first-order chi connectivity index (χ1) is 13.0. The van der Waals surface area contributed by atoms with Crippen LogP contribution in [0, 0.1) is 5.92 Å². The van der Waals surface area contributed by atoms with Crippen LogP contribution in [0.4, 0.5) is 0 Å². The molecule has 0 aliphatic rings. The molecule has 0 spiro atoms. The van der Waals surface area contributed by atoms with E-state index < -0.39 is 18.0 Å². The van der Waals surface area contributed by atoms with Gasteiger partial charge in [0.2, 0.25) is 0 Å². The Hall–Kier alpha value is 0.1000. The number of esters is 2. The molecule has 0 heterocycles. The molecule has 0 aromatic heterocycles. The molecule has 0 rings (SSSR count). The number of ether oxygens (including phenoxy) is 1. The van der Waals surface area contributed by atoms with E-state index >= 15 is 0 Å². The SMILES string of the molecule is CCCCCCCCCCCCCCCCCC(=O)OC(=O)C(N)C(C)C.[H-].[Na+]. The van der Waals surface area contributed by atoms with E-state index in [0.717, 1.165) is 19.3 Å². The molecule has 0 aliphatic carbocycles. The van der Waals surface area contributed by atoms with Crippen molar-refractivity contribution in [3.05, 3.63) is 0 Å². The summed E-state index contributed by atoms with van der Waals surface area (Å²) >= 11 is 0. The number of hydrogen-bond donors (Lipinski definition) is 1. The van der Waals surface area contributed by atoms with Gasteiger partial charge in [0.05, 0.1) is 0 Å². The van der Waals surface area contributed by atoms with Gasteiger partial charge in [-0.1, -0.05) is 111 Å². The normalized spacial score (nSPS) is 11.9. The maximum absolute atomic E-state index is 11.6. The number of rotatable bonds is 18. The minimum absolute atomic E-state index is 0. The van der Waals surface area contributed by atoms with E-state index in [1.165, 1.54) is 77.0 Å². The monoisotopic (exact) mass is 407 g/mol. The van der Waals surface area contributed by atoms with Gasteiger partial charge < -0.3 is 11.9 Å². The quantitative estimate of drug-likeness (QED) is 0.164. The van der Waals surface area contributed by atoms with Gasteiger partial charge in [-0.3, -0.25) is 4.79 Å². The third-order valence-corrected chi connectivity index (χ3v) is 5.19. The van der Waals surface area contributed by atoms with E-state index in [9.17, 15) is 9.59 Å². The Morgan fingerprint density at radius 2 is 1.11 bits per heavy atom. The van der Waals surface area contributed by atoms with Gasteiger partial charge in [0, 0.05) is 6.42 Å². The van der Waals surface area contributed by atoms with E-state index in [1.54, 1.807) is 0 Å². The van der Waals surface area contributed by atoms with Gasteiger partial charge in [-0.15, -0.1) is 0 Å². The van der Waals surface area contributed by atoms with E-state index in [1.807, 2.05) is 13.8 Å². The van der Waals surface area contributed by atoms with E-state index in [-0.39, 0.29) is 36.9 Å². The zero-order valence-corrected chi connectivity index (χ0v) is 21.3. The van der Waals surface area contributed by atoms with Crippen LogP contribution in [-0.4, -0.2) is 18.0 Å². The Bertz CT molecular complexity index is 381. The van der Waals surface area contributed by atoms with Gasteiger partial charge in [0.1, 0.15) is 6.04 Å². The van der Waals surface area contributed by atoms with Crippen molar-refractivity contribution in [2.24, 2.45) is 11.7 Å². The molecule has 4 nitrogen and oxygen atoms in total. The van der Waals surface area contributed by atoms with Crippen molar-refractivity contribution in [3.63, 3.8) is 0 Å². The smallest absolute Gasteiger partial charge is 1.00 e. The Kier molecular flexibility index (Phi) is 23.6. The second-order valence-corrected chi connectivity index (χ2v) is 8.26. The van der Waals surface area contributed by atoms with Gasteiger partial charge in [0.15, 0.2) is 0 Å². The fourth-order valence-electron chi connectivity index (χ4n) is 3.14. The molecule has 1 unspecified atom stereocenters. The number of nitrogens with two attached hydrogens (primary N) is 1. The number of hydrogen-bond acceptors (Lipinski definition) is 4. The maximum atomic E-state index is 11.6. The Morgan fingerprint density at radius 1 is 0.750 bits per heavy atom. The molecule has 0 saturated carbocycles. The van der Waals surface area contributed by atoms with E-state index in [4.69, 9.17) is 10.5 Å². The molecule has 0 fully saturated rings. The van der Waals surface area contributed by atoms with E-state index in [0.29, 0.717) is 6.42 Å². The van der Waals surface area contributed by atoms with Crippen molar-refractivity contribution >= 4 is 11.9 Å². The number of unbranched alkanes of at least 4 members (excludes halogenated alkanes) is 14. The van der Waals surface area contributed by atoms with Gasteiger partial charge in [-0.05, 0) is 12.3 Å². The first-order valence-corrected chi connectivity index (χ1v) is 11.5. The predicted octanol–water partition coefficient (Wildman–Crippen LogP) is 3.42. The topological polar surface area (TPSA) is 69.4 Å². The van der Waals surface area contributed by atoms with Crippen molar-refractivity contribution in [3.8, 4) is 0 Å². The summed E-state index contributed by atoms with van der Waals surface area (Å²) < 4.78 is 4.79. The largest absolute Gasteiger partial charge is 1.00 e. The second kappa shape index (κ2) is 21.8. The van der Waals surface area contributed by atoms with Gasteiger partial charge >= 0.3 is 41.5 Å². The third-order valence-electron chi connectivity index (χ3n) is 5.19. The summed E-state index contributed by atoms with van der Waals surface area (Å²) in [5, 5.41) is 0. The van der Waals surface area contributed by atoms with Crippen LogP contribution in [0.25, 0.3) is 0 Å². The first kappa shape index (κ1) is 30.3. The molecule has 0 amide bonds. The van der Waals surface area contributed by atoms with Crippen LogP contribution in [0.1, 0.15) is 125 Å². The molecule has 0 aliphatic heterocycles. The zero-order valence-electron chi connectivity index (χ0n) is 20.3. The standard InChI is InChI=1S/C23H45NO3.Na.H/c1-4-5-6-7-8-9-10-11-12-13-14-15-16-17-18-19-21(25)27-23(26)22(24)20(2)3;;/h20,22H,4-19,24H2,1-3H3;;/q;+1;-1. The minimum atomic E-state index is -0.713. The fourth-order valence-corrected chi connectivity index (χ4v) is 3.14. The van der Waals surface area contributed by atoms with Crippen molar-refractivity contribution < 1.29 is 45.3 Å². The summed E-state index contributed by atoms with van der Waals surface area (Å²) in [6.45, 7) is 5.94. The van der Waals surface area contributed by atoms with Gasteiger partial charge in [-0.25, -0.2) is 4.79 Å². The molecular weight excluding hydrogens is 361 g/mol. The molecule has 1 atom stereocenters. The molecular formula is C23H46NNaO3. The van der Waals surface area contributed by atoms with Crippen molar-refractivity contribution in [2.75, 3.05) is 0 Å². The third kappa shape index (κ3) is 19.4. The summed E-state index contributed by atoms with van der Waals surface area (Å²) in [4.78, 5) is 23.2. The number of carbonyl (C=O) groups is 2. The summed E-state index contributed by atoms with van der Waals surface area (Å²) in [6.07, 6.45) is 19.7. The Morgan fingerprint density at radius 3 is 1.46 bits per heavy atom. The molecule has 5 heteroatoms. The van der Waals surface area contributed by atoms with Crippen molar-refractivity contribution in [1.29, 1.82) is 0 Å². The van der Waals surface area contributed by atoms with Crippen LogP contribution in [0.2, 0.25) is 0 Å². The maximum Gasteiger partial charge on any atom is 1.00 e. The van der Waals surface area contributed by atoms with Crippen molar-refractivity contribution in [1.82, 2.24) is 0 Å². The van der Waals surface area contributed by atoms with Crippen LogP contribution in [-0.2, 0) is 14.3 Å². The van der Waals surface area contributed by atoms with E-state index in [2.05, 4.69) is 6.92 Å². The number of carbonyl (C=O) groups excluding carboxylic acids is 2. The average molecular weight is 408 g/mol. The van der Waals surface area contributed by atoms with Crippen LogP contribution >= 0.6 is 0 Å². The summed E-state index contributed by atoms with van der Waals surface area (Å²) in [7, 11) is 0. The molecule has 0 aromatic rings. The second-order valence-electron chi connectivity index (χ2n) is 8.26. The molecule has 2 N–H and O–H groups in total. The van der Waals surface area contributed by atoms with Crippen molar-refractivity contribution in [2.45, 2.75) is 130 Å². The molecule has 28 heavy (non-hydrogen) atoms. The summed E-state index contributed by atoms with van der Waals surface area (Å²) in [6, 6.07) is -0.713. The van der Waals surface area contributed by atoms with Crippen LogP contribution in [0.15, 0.2) is 0 Å². The Balaban J connectivity index is -0.00000338. The first-order valence-electron chi connectivity index (χ1n) is 11.5. The summed E-state index contributed by atoms with van der Waals surface area (Å²) in [5.41, 5.74) is 5.67. The van der Waals surface area contributed by atoms with Crippen LogP contribution in [0.5, 0.6) is 0 Å². The summed E-state index contributed by atoms with van der Waals surface area (Å²) in [5.74, 6) is -1.06. The zero-order chi connectivity index (χ0) is 20.3. The van der Waals surface area contributed by atoms with Gasteiger partial charge in [0.25, 0.3) is 0 Å². The molecule has 0 saturated heterocycles. The molecule has 0 aromatic carbocycles. The molecule has 0 radical (unpaired) electrons. The molecule has 0 bridgehead atoms. The van der Waals surface area contributed by atoms with Gasteiger partial charge in [-0.2, -0.15) is 0 Å².